The zero-order chi connectivity index (χ0) is 10.2. The fourth-order valence-corrected chi connectivity index (χ4v) is 3.07. The summed E-state index contributed by atoms with van der Waals surface area (Å²) in [7, 11) is 0. The predicted octanol–water partition coefficient (Wildman–Crippen LogP) is 3.64. The average molecular weight is 192 g/mol. The van der Waals surface area contributed by atoms with Crippen LogP contribution in [0.5, 0.6) is 0 Å². The minimum atomic E-state index is 0.375. The Balaban J connectivity index is 2.21. The number of fused-ring (bicyclic) bond motifs is 1. The molecule has 0 bridgehead atoms. The van der Waals surface area contributed by atoms with Gasteiger partial charge in [-0.25, -0.2) is 0 Å². The molecule has 1 fully saturated rings. The number of hydrogen-bond acceptors (Lipinski definition) is 1. The Morgan fingerprint density at radius 1 is 1.07 bits per heavy atom. The summed E-state index contributed by atoms with van der Waals surface area (Å²) in [6, 6.07) is 0. The smallest absolute Gasteiger partial charge is 0.132 e. The third-order valence-corrected chi connectivity index (χ3v) is 4.13. The molecular weight excluding hydrogens is 172 g/mol. The van der Waals surface area contributed by atoms with Crippen LogP contribution in [0.1, 0.15) is 58.8 Å². The van der Waals surface area contributed by atoms with Crippen LogP contribution in [-0.2, 0) is 4.79 Å². The molecule has 0 heterocycles. The predicted molar refractivity (Wildman–Crippen MR) is 58.1 cm³/mol. The molecule has 1 heteroatoms. The van der Waals surface area contributed by atoms with Crippen molar-refractivity contribution in [1.29, 1.82) is 0 Å². The van der Waals surface area contributed by atoms with Crippen LogP contribution >= 0.6 is 0 Å². The van der Waals surface area contributed by atoms with Gasteiger partial charge < -0.3 is 0 Å². The molecule has 0 aromatic carbocycles. The molecule has 0 aromatic heterocycles. The summed E-state index contributed by atoms with van der Waals surface area (Å²) in [5, 5.41) is 0. The van der Waals surface area contributed by atoms with Gasteiger partial charge in [0.05, 0.1) is 0 Å². The van der Waals surface area contributed by atoms with Crippen molar-refractivity contribution < 1.29 is 4.79 Å². The van der Waals surface area contributed by atoms with E-state index in [0.29, 0.717) is 11.2 Å². The number of Topliss-reactive ketones (excluding diaryl/α,β-unsaturated/α-hetero) is 1. The molecule has 0 amide bonds. The van der Waals surface area contributed by atoms with E-state index in [9.17, 15) is 4.79 Å². The first-order valence-electron chi connectivity index (χ1n) is 5.83. The lowest BCUT2D eigenvalue weighted by atomic mass is 9.74. The van der Waals surface area contributed by atoms with Crippen LogP contribution < -0.4 is 0 Å². The number of carbonyl (C=O) groups excluding carboxylic acids is 1. The van der Waals surface area contributed by atoms with Crippen molar-refractivity contribution in [3.63, 3.8) is 0 Å². The summed E-state index contributed by atoms with van der Waals surface area (Å²) in [4.78, 5) is 11.4. The lowest BCUT2D eigenvalue weighted by Crippen LogP contribution is -2.20. The first-order chi connectivity index (χ1) is 6.62. The maximum Gasteiger partial charge on any atom is 0.132 e. The van der Waals surface area contributed by atoms with Crippen molar-refractivity contribution in [1.82, 2.24) is 0 Å². The van der Waals surface area contributed by atoms with E-state index >= 15 is 0 Å². The van der Waals surface area contributed by atoms with Crippen LogP contribution in [0.3, 0.4) is 0 Å². The van der Waals surface area contributed by atoms with E-state index < -0.39 is 0 Å². The maximum atomic E-state index is 11.4. The first-order valence-corrected chi connectivity index (χ1v) is 5.83. The number of ketones is 1. The summed E-state index contributed by atoms with van der Waals surface area (Å²) >= 11 is 0. The van der Waals surface area contributed by atoms with Gasteiger partial charge in [0.1, 0.15) is 5.78 Å². The molecule has 1 nitrogen and oxygen atoms in total. The van der Waals surface area contributed by atoms with Crippen LogP contribution in [0.4, 0.5) is 0 Å². The molecule has 2 aliphatic carbocycles. The Labute approximate surface area is 86.6 Å². The van der Waals surface area contributed by atoms with Gasteiger partial charge in [-0.2, -0.15) is 0 Å². The third kappa shape index (κ3) is 1.65. The largest absolute Gasteiger partial charge is 0.300 e. The minimum absolute atomic E-state index is 0.375. The van der Waals surface area contributed by atoms with Gasteiger partial charge in [0.25, 0.3) is 0 Å². The lowest BCUT2D eigenvalue weighted by molar-refractivity contribution is -0.119. The molecule has 0 saturated heterocycles. The van der Waals surface area contributed by atoms with Crippen molar-refractivity contribution in [2.24, 2.45) is 5.41 Å². The minimum Gasteiger partial charge on any atom is -0.300 e. The quantitative estimate of drug-likeness (QED) is 0.535. The molecule has 1 atom stereocenters. The maximum absolute atomic E-state index is 11.4. The highest BCUT2D eigenvalue weighted by Gasteiger charge is 2.35. The first kappa shape index (κ1) is 9.95. The highest BCUT2D eigenvalue weighted by Crippen LogP contribution is 2.48. The molecule has 1 unspecified atom stereocenters. The summed E-state index contributed by atoms with van der Waals surface area (Å²) in [6.07, 6.45) is 7.52. The average Bonchev–Trinajstić information content (AvgIpc) is 2.40. The lowest BCUT2D eigenvalue weighted by Gasteiger charge is -2.30. The van der Waals surface area contributed by atoms with Gasteiger partial charge in [0.15, 0.2) is 0 Å². The van der Waals surface area contributed by atoms with E-state index in [1.54, 1.807) is 11.1 Å². The van der Waals surface area contributed by atoms with Gasteiger partial charge in [-0.05, 0) is 44.4 Å². The van der Waals surface area contributed by atoms with E-state index in [0.717, 1.165) is 25.7 Å². The van der Waals surface area contributed by atoms with Crippen LogP contribution in [0.25, 0.3) is 0 Å². The van der Waals surface area contributed by atoms with Gasteiger partial charge in [-0.3, -0.25) is 4.79 Å². The Hall–Kier alpha value is -0.590. The molecule has 0 aliphatic heterocycles. The number of carbonyl (C=O) groups is 1. The molecule has 0 spiro atoms. The number of rotatable bonds is 0. The normalized spacial score (nSPS) is 34.0. The second kappa shape index (κ2) is 3.52. The number of allylic oxidation sites excluding steroid dienone is 2. The summed E-state index contributed by atoms with van der Waals surface area (Å²) in [6.45, 7) is 4.64. The van der Waals surface area contributed by atoms with Crippen molar-refractivity contribution in [3.8, 4) is 0 Å². The fourth-order valence-electron chi connectivity index (χ4n) is 3.07. The van der Waals surface area contributed by atoms with Crippen molar-refractivity contribution >= 4 is 5.78 Å². The van der Waals surface area contributed by atoms with Crippen LogP contribution in [0, 0.1) is 5.41 Å². The molecule has 14 heavy (non-hydrogen) atoms. The van der Waals surface area contributed by atoms with Gasteiger partial charge >= 0.3 is 0 Å². The van der Waals surface area contributed by atoms with E-state index in [1.165, 1.54) is 19.3 Å². The zero-order valence-electron chi connectivity index (χ0n) is 9.36. The van der Waals surface area contributed by atoms with Crippen LogP contribution in [-0.4, -0.2) is 5.78 Å². The molecule has 0 radical (unpaired) electrons. The SMILES string of the molecule is CC1=C2CCCC(=O)CCC2(C)CC1. The van der Waals surface area contributed by atoms with Gasteiger partial charge in [-0.15, -0.1) is 0 Å². The fraction of sp³-hybridized carbons (Fsp3) is 0.769. The molecule has 2 aliphatic rings. The van der Waals surface area contributed by atoms with Gasteiger partial charge in [0, 0.05) is 12.8 Å². The van der Waals surface area contributed by atoms with E-state index in [-0.39, 0.29) is 0 Å². The second-order valence-corrected chi connectivity index (χ2v) is 5.21. The molecule has 78 valence electrons. The van der Waals surface area contributed by atoms with Crippen LogP contribution in [0.15, 0.2) is 11.1 Å². The Morgan fingerprint density at radius 2 is 1.79 bits per heavy atom. The van der Waals surface area contributed by atoms with Gasteiger partial charge in [-0.1, -0.05) is 18.1 Å². The summed E-state index contributed by atoms with van der Waals surface area (Å²) < 4.78 is 0. The van der Waals surface area contributed by atoms with E-state index in [2.05, 4.69) is 13.8 Å². The molecule has 0 aromatic rings. The van der Waals surface area contributed by atoms with Crippen molar-refractivity contribution in [2.75, 3.05) is 0 Å². The Morgan fingerprint density at radius 3 is 2.57 bits per heavy atom. The van der Waals surface area contributed by atoms with E-state index in [1.807, 2.05) is 0 Å². The number of hydrogen-bond donors (Lipinski definition) is 0. The molecular formula is C13H20O. The molecule has 1 saturated carbocycles. The Kier molecular flexibility index (Phi) is 2.50. The Bertz CT molecular complexity index is 288. The second-order valence-electron chi connectivity index (χ2n) is 5.21. The summed E-state index contributed by atoms with van der Waals surface area (Å²) in [5.74, 6) is 0.481. The standard InChI is InChI=1S/C13H20O/c1-10-6-8-13(2)9-7-11(14)4-3-5-12(10)13/h3-9H2,1-2H3. The third-order valence-electron chi connectivity index (χ3n) is 4.13. The zero-order valence-corrected chi connectivity index (χ0v) is 9.36. The van der Waals surface area contributed by atoms with Gasteiger partial charge in [0.2, 0.25) is 0 Å². The van der Waals surface area contributed by atoms with Crippen molar-refractivity contribution in [3.05, 3.63) is 11.1 Å². The van der Waals surface area contributed by atoms with Crippen LogP contribution in [0.2, 0.25) is 0 Å². The van der Waals surface area contributed by atoms with E-state index in [4.69, 9.17) is 0 Å². The highest BCUT2D eigenvalue weighted by molar-refractivity contribution is 5.78. The van der Waals surface area contributed by atoms with Crippen molar-refractivity contribution in [2.45, 2.75) is 58.8 Å². The molecule has 0 N–H and O–H groups in total. The monoisotopic (exact) mass is 192 g/mol. The summed E-state index contributed by atoms with van der Waals surface area (Å²) in [5.41, 5.74) is 3.67. The molecule has 2 rings (SSSR count). The highest BCUT2D eigenvalue weighted by atomic mass is 16.1. The topological polar surface area (TPSA) is 17.1 Å².